The average molecular weight is 478 g/mol. The predicted molar refractivity (Wildman–Crippen MR) is 121 cm³/mol. The minimum Gasteiger partial charge on any atom is -0.487 e. The van der Waals surface area contributed by atoms with E-state index in [9.17, 15) is 9.90 Å². The number of pyridine rings is 1. The van der Waals surface area contributed by atoms with E-state index in [-0.39, 0.29) is 6.04 Å². The van der Waals surface area contributed by atoms with E-state index < -0.39 is 12.0 Å². The largest absolute Gasteiger partial charge is 0.487 e. The molecule has 3 heterocycles. The van der Waals surface area contributed by atoms with Crippen LogP contribution >= 0.6 is 15.9 Å². The van der Waals surface area contributed by atoms with Gasteiger partial charge in [0.25, 0.3) is 0 Å². The van der Waals surface area contributed by atoms with Gasteiger partial charge >= 0.3 is 5.97 Å². The van der Waals surface area contributed by atoms with Crippen molar-refractivity contribution in [3.05, 3.63) is 93.8 Å². The smallest absolute Gasteiger partial charge is 0.321 e. The molecule has 3 N–H and O–H groups in total. The summed E-state index contributed by atoms with van der Waals surface area (Å²) in [5.41, 5.74) is 4.69. The van der Waals surface area contributed by atoms with Gasteiger partial charge in [-0.2, -0.15) is 0 Å². The lowest BCUT2D eigenvalue weighted by Gasteiger charge is -2.30. The lowest BCUT2D eigenvalue weighted by molar-refractivity contribution is -0.139. The van der Waals surface area contributed by atoms with E-state index in [1.165, 1.54) is 0 Å². The molecule has 7 heteroatoms. The van der Waals surface area contributed by atoms with Crippen LogP contribution in [0.2, 0.25) is 0 Å². The fourth-order valence-corrected chi connectivity index (χ4v) is 4.53. The molecule has 0 bridgehead atoms. The summed E-state index contributed by atoms with van der Waals surface area (Å²) >= 11 is 3.56. The number of nitrogens with zero attached hydrogens (tertiary/aromatic N) is 1. The first-order valence-electron chi connectivity index (χ1n) is 10.0. The number of para-hydroxylation sites is 1. The number of hydrogen-bond donors (Lipinski definition) is 3. The summed E-state index contributed by atoms with van der Waals surface area (Å²) in [6.07, 6.45) is 2.15. The van der Waals surface area contributed by atoms with Crippen LogP contribution in [0.1, 0.15) is 28.6 Å². The van der Waals surface area contributed by atoms with Crippen molar-refractivity contribution in [1.82, 2.24) is 15.3 Å². The Labute approximate surface area is 187 Å². The summed E-state index contributed by atoms with van der Waals surface area (Å²) in [7, 11) is 0. The fourth-order valence-electron chi connectivity index (χ4n) is 4.15. The Morgan fingerprint density at radius 3 is 2.81 bits per heavy atom. The van der Waals surface area contributed by atoms with Crippen molar-refractivity contribution in [1.29, 1.82) is 0 Å². The first-order valence-corrected chi connectivity index (χ1v) is 10.8. The lowest BCUT2D eigenvalue weighted by atomic mass is 9.90. The minimum absolute atomic E-state index is 0.324. The van der Waals surface area contributed by atoms with E-state index in [2.05, 4.69) is 31.2 Å². The Morgan fingerprint density at radius 1 is 1.16 bits per heavy atom. The number of rotatable bonds is 5. The highest BCUT2D eigenvalue weighted by atomic mass is 79.9. The molecule has 0 amide bonds. The van der Waals surface area contributed by atoms with E-state index in [0.29, 0.717) is 18.8 Å². The first kappa shape index (κ1) is 19.8. The predicted octanol–water partition coefficient (Wildman–Crippen LogP) is 4.59. The van der Waals surface area contributed by atoms with Crippen LogP contribution in [-0.2, 0) is 17.8 Å². The van der Waals surface area contributed by atoms with Crippen LogP contribution in [0.3, 0.4) is 0 Å². The van der Waals surface area contributed by atoms with Crippen LogP contribution in [-0.4, -0.2) is 27.1 Å². The molecule has 2 aromatic heterocycles. The summed E-state index contributed by atoms with van der Waals surface area (Å²) in [5.74, 6) is -0.186. The average Bonchev–Trinajstić information content (AvgIpc) is 3.17. The Balaban J connectivity index is 1.59. The third-order valence-corrected chi connectivity index (χ3v) is 6.09. The van der Waals surface area contributed by atoms with Crippen molar-refractivity contribution in [2.24, 2.45) is 0 Å². The van der Waals surface area contributed by atoms with Gasteiger partial charge in [-0.1, -0.05) is 40.2 Å². The number of carbonyl (C=O) groups is 1. The number of nitrogens with one attached hydrogen (secondary N) is 2. The lowest BCUT2D eigenvalue weighted by Crippen LogP contribution is -2.45. The van der Waals surface area contributed by atoms with Crippen LogP contribution in [0.5, 0.6) is 5.75 Å². The second-order valence-electron chi connectivity index (χ2n) is 7.55. The molecule has 4 aromatic rings. The van der Waals surface area contributed by atoms with Crippen LogP contribution in [0, 0.1) is 0 Å². The van der Waals surface area contributed by atoms with Gasteiger partial charge in [0, 0.05) is 39.3 Å². The minimum atomic E-state index is -0.869. The molecule has 2 atom stereocenters. The van der Waals surface area contributed by atoms with E-state index in [1.54, 1.807) is 6.20 Å². The molecule has 0 spiro atoms. The molecule has 2 unspecified atom stereocenters. The topological polar surface area (TPSA) is 87.2 Å². The maximum absolute atomic E-state index is 11.9. The highest BCUT2D eigenvalue weighted by molar-refractivity contribution is 9.10. The molecular formula is C24H20BrN3O3. The molecule has 0 saturated heterocycles. The van der Waals surface area contributed by atoms with Gasteiger partial charge in [-0.15, -0.1) is 0 Å². The Bertz CT molecular complexity index is 1260. The number of benzene rings is 2. The van der Waals surface area contributed by atoms with Crippen molar-refractivity contribution >= 4 is 32.8 Å². The molecule has 0 fully saturated rings. The monoisotopic (exact) mass is 477 g/mol. The van der Waals surface area contributed by atoms with Crippen molar-refractivity contribution in [3.8, 4) is 5.75 Å². The number of carboxylic acids is 1. The van der Waals surface area contributed by atoms with Gasteiger partial charge in [-0.25, -0.2) is 0 Å². The molecule has 0 aliphatic carbocycles. The summed E-state index contributed by atoms with van der Waals surface area (Å²) in [6.45, 7) is 0.324. The number of aromatic nitrogens is 2. The molecule has 2 aromatic carbocycles. The van der Waals surface area contributed by atoms with Crippen molar-refractivity contribution < 1.29 is 14.6 Å². The maximum Gasteiger partial charge on any atom is 0.321 e. The number of fused-ring (bicyclic) bond motifs is 3. The summed E-state index contributed by atoms with van der Waals surface area (Å²) in [6, 6.07) is 18.4. The van der Waals surface area contributed by atoms with Gasteiger partial charge in [-0.05, 0) is 42.0 Å². The SMILES string of the molecule is O=C(O)C1Cc2c([nH]c3ccccc23)C(c2cc(Br)ccc2OCc2ccccn2)N1. The quantitative estimate of drug-likeness (QED) is 0.391. The molecule has 6 nitrogen and oxygen atoms in total. The molecule has 31 heavy (non-hydrogen) atoms. The fraction of sp³-hybridized carbons (Fsp3) is 0.167. The Morgan fingerprint density at radius 2 is 2.00 bits per heavy atom. The van der Waals surface area contributed by atoms with Gasteiger partial charge in [0.15, 0.2) is 0 Å². The summed E-state index contributed by atoms with van der Waals surface area (Å²) < 4.78 is 7.02. The number of ether oxygens (including phenoxy) is 1. The zero-order valence-corrected chi connectivity index (χ0v) is 18.1. The van der Waals surface area contributed by atoms with Crippen LogP contribution < -0.4 is 10.1 Å². The zero-order valence-electron chi connectivity index (χ0n) is 16.5. The summed E-state index contributed by atoms with van der Waals surface area (Å²) in [4.78, 5) is 19.8. The number of H-pyrrole nitrogens is 1. The van der Waals surface area contributed by atoms with Gasteiger partial charge in [0.05, 0.1) is 11.7 Å². The Hall–Kier alpha value is -3.16. The number of halogens is 1. The standard InChI is InChI=1S/C24H20BrN3O3/c25-14-8-9-21(31-13-15-5-3-4-10-26-15)18(11-14)23-22-17(12-20(28-23)24(29)30)16-6-1-2-7-19(16)27-22/h1-11,20,23,27-28H,12-13H2,(H,29,30). The second kappa shape index (κ2) is 8.17. The third-order valence-electron chi connectivity index (χ3n) is 5.59. The first-order chi connectivity index (χ1) is 15.1. The van der Waals surface area contributed by atoms with Crippen molar-refractivity contribution in [3.63, 3.8) is 0 Å². The molecular weight excluding hydrogens is 458 g/mol. The van der Waals surface area contributed by atoms with E-state index >= 15 is 0 Å². The molecule has 0 saturated carbocycles. The normalized spacial score (nSPS) is 18.0. The van der Waals surface area contributed by atoms with Crippen LogP contribution in [0.25, 0.3) is 10.9 Å². The molecule has 1 aliphatic heterocycles. The van der Waals surface area contributed by atoms with Crippen LogP contribution in [0.15, 0.2) is 71.3 Å². The third kappa shape index (κ3) is 3.82. The Kier molecular flexibility index (Phi) is 5.21. The highest BCUT2D eigenvalue weighted by Gasteiger charge is 2.35. The summed E-state index contributed by atoms with van der Waals surface area (Å²) in [5, 5.41) is 14.2. The molecule has 5 rings (SSSR count). The van der Waals surface area contributed by atoms with Gasteiger partial charge in [0.1, 0.15) is 18.4 Å². The van der Waals surface area contributed by atoms with Crippen LogP contribution in [0.4, 0.5) is 0 Å². The van der Waals surface area contributed by atoms with Gasteiger partial charge in [0.2, 0.25) is 0 Å². The maximum atomic E-state index is 11.9. The molecule has 156 valence electrons. The van der Waals surface area contributed by atoms with E-state index in [4.69, 9.17) is 4.74 Å². The molecule has 1 aliphatic rings. The van der Waals surface area contributed by atoms with Crippen molar-refractivity contribution in [2.45, 2.75) is 25.1 Å². The number of carboxylic acid groups (broad SMARTS) is 1. The van der Waals surface area contributed by atoms with Gasteiger partial charge < -0.3 is 14.8 Å². The number of hydrogen-bond acceptors (Lipinski definition) is 4. The van der Waals surface area contributed by atoms with Gasteiger partial charge in [-0.3, -0.25) is 15.1 Å². The van der Waals surface area contributed by atoms with E-state index in [0.717, 1.165) is 37.9 Å². The number of aromatic amines is 1. The zero-order chi connectivity index (χ0) is 21.4. The second-order valence-corrected chi connectivity index (χ2v) is 8.47. The van der Waals surface area contributed by atoms with Crippen molar-refractivity contribution in [2.75, 3.05) is 0 Å². The number of aliphatic carboxylic acids is 1. The molecule has 0 radical (unpaired) electrons. The van der Waals surface area contributed by atoms with E-state index in [1.807, 2.05) is 60.7 Å². The highest BCUT2D eigenvalue weighted by Crippen LogP contribution is 2.39.